The highest BCUT2D eigenvalue weighted by Crippen LogP contribution is 2.29. The molecule has 20 heavy (non-hydrogen) atoms. The van der Waals surface area contributed by atoms with Gasteiger partial charge in [0.25, 0.3) is 0 Å². The molecular weight excluding hydrogens is 316 g/mol. The number of hydrogen-bond donors (Lipinski definition) is 1. The predicted octanol–water partition coefficient (Wildman–Crippen LogP) is 4.45. The Hall–Kier alpha value is -1.32. The molecule has 106 valence electrons. The van der Waals surface area contributed by atoms with Gasteiger partial charge in [0.1, 0.15) is 12.4 Å². The van der Waals surface area contributed by atoms with Gasteiger partial charge in [-0.1, -0.05) is 39.7 Å². The second kappa shape index (κ2) is 6.42. The number of aryl methyl sites for hydroxylation is 3. The van der Waals surface area contributed by atoms with Gasteiger partial charge in [0.15, 0.2) is 0 Å². The standard InChI is InChI=1S/C17H19BrO2/c1-11-4-5-12(2)15(6-11)10-20-17-13(3)7-16(18)8-14(17)9-19/h4-8,19H,9-10H2,1-3H3. The smallest absolute Gasteiger partial charge is 0.128 e. The summed E-state index contributed by atoms with van der Waals surface area (Å²) in [6.07, 6.45) is 0. The third-order valence-corrected chi connectivity index (χ3v) is 3.82. The van der Waals surface area contributed by atoms with Crippen molar-refractivity contribution in [1.82, 2.24) is 0 Å². The second-order valence-corrected chi connectivity index (χ2v) is 6.00. The third-order valence-electron chi connectivity index (χ3n) is 3.36. The lowest BCUT2D eigenvalue weighted by atomic mass is 10.1. The van der Waals surface area contributed by atoms with Gasteiger partial charge in [-0.15, -0.1) is 0 Å². The van der Waals surface area contributed by atoms with Gasteiger partial charge >= 0.3 is 0 Å². The molecule has 0 aromatic heterocycles. The van der Waals surface area contributed by atoms with Crippen LogP contribution >= 0.6 is 15.9 Å². The Morgan fingerprint density at radius 3 is 2.45 bits per heavy atom. The van der Waals surface area contributed by atoms with Crippen molar-refractivity contribution in [1.29, 1.82) is 0 Å². The van der Waals surface area contributed by atoms with E-state index in [0.717, 1.165) is 21.3 Å². The topological polar surface area (TPSA) is 29.5 Å². The van der Waals surface area contributed by atoms with Gasteiger partial charge in [0.2, 0.25) is 0 Å². The summed E-state index contributed by atoms with van der Waals surface area (Å²) in [4.78, 5) is 0. The SMILES string of the molecule is Cc1ccc(C)c(COc2c(C)cc(Br)cc2CO)c1. The highest BCUT2D eigenvalue weighted by molar-refractivity contribution is 9.10. The van der Waals surface area contributed by atoms with E-state index in [4.69, 9.17) is 4.74 Å². The molecule has 0 aliphatic heterocycles. The van der Waals surface area contributed by atoms with E-state index < -0.39 is 0 Å². The normalized spacial score (nSPS) is 10.7. The van der Waals surface area contributed by atoms with Crippen molar-refractivity contribution >= 4 is 15.9 Å². The molecule has 2 aromatic carbocycles. The van der Waals surface area contributed by atoms with Crippen LogP contribution in [0.1, 0.15) is 27.8 Å². The lowest BCUT2D eigenvalue weighted by Crippen LogP contribution is -2.02. The van der Waals surface area contributed by atoms with Crippen LogP contribution in [0.15, 0.2) is 34.8 Å². The molecule has 2 rings (SSSR count). The summed E-state index contributed by atoms with van der Waals surface area (Å²) in [5.41, 5.74) is 5.45. The second-order valence-electron chi connectivity index (χ2n) is 5.09. The fourth-order valence-corrected chi connectivity index (χ4v) is 2.85. The predicted molar refractivity (Wildman–Crippen MR) is 85.0 cm³/mol. The molecule has 0 fully saturated rings. The number of ether oxygens (including phenoxy) is 1. The Bertz CT molecular complexity index is 621. The maximum atomic E-state index is 9.46. The first kappa shape index (κ1) is 15.1. The zero-order valence-electron chi connectivity index (χ0n) is 12.0. The van der Waals surface area contributed by atoms with Crippen molar-refractivity contribution in [2.45, 2.75) is 34.0 Å². The molecule has 0 atom stereocenters. The summed E-state index contributed by atoms with van der Waals surface area (Å²) in [5, 5.41) is 9.46. The monoisotopic (exact) mass is 334 g/mol. The highest BCUT2D eigenvalue weighted by Gasteiger charge is 2.09. The Kier molecular flexibility index (Phi) is 4.84. The number of aliphatic hydroxyl groups excluding tert-OH is 1. The van der Waals surface area contributed by atoms with E-state index in [1.807, 2.05) is 19.1 Å². The Morgan fingerprint density at radius 2 is 1.75 bits per heavy atom. The van der Waals surface area contributed by atoms with Gasteiger partial charge in [-0.05, 0) is 49.6 Å². The van der Waals surface area contributed by atoms with Crippen LogP contribution in [0.25, 0.3) is 0 Å². The van der Waals surface area contributed by atoms with Crippen molar-refractivity contribution in [2.24, 2.45) is 0 Å². The molecule has 0 spiro atoms. The lowest BCUT2D eigenvalue weighted by molar-refractivity contribution is 0.257. The minimum absolute atomic E-state index is 0.0254. The van der Waals surface area contributed by atoms with Crippen molar-refractivity contribution in [3.05, 3.63) is 62.6 Å². The first-order valence-corrected chi connectivity index (χ1v) is 7.39. The molecule has 0 radical (unpaired) electrons. The van der Waals surface area contributed by atoms with Gasteiger partial charge in [-0.2, -0.15) is 0 Å². The van der Waals surface area contributed by atoms with Gasteiger partial charge in [-0.3, -0.25) is 0 Å². The summed E-state index contributed by atoms with van der Waals surface area (Å²) >= 11 is 3.44. The van der Waals surface area contributed by atoms with E-state index in [0.29, 0.717) is 6.61 Å². The largest absolute Gasteiger partial charge is 0.488 e. The van der Waals surface area contributed by atoms with Gasteiger partial charge in [0, 0.05) is 10.0 Å². The molecule has 2 aromatic rings. The fraction of sp³-hybridized carbons (Fsp3) is 0.294. The molecular formula is C17H19BrO2. The molecule has 0 unspecified atom stereocenters. The number of rotatable bonds is 4. The van der Waals surface area contributed by atoms with E-state index in [1.54, 1.807) is 0 Å². The Labute approximate surface area is 128 Å². The van der Waals surface area contributed by atoms with Crippen LogP contribution in [0.5, 0.6) is 5.75 Å². The number of halogens is 1. The molecule has 0 saturated carbocycles. The van der Waals surface area contributed by atoms with E-state index in [9.17, 15) is 5.11 Å². The first-order chi connectivity index (χ1) is 9.51. The minimum Gasteiger partial charge on any atom is -0.488 e. The maximum Gasteiger partial charge on any atom is 0.128 e. The zero-order chi connectivity index (χ0) is 14.7. The van der Waals surface area contributed by atoms with E-state index >= 15 is 0 Å². The summed E-state index contributed by atoms with van der Waals surface area (Å²) in [6, 6.07) is 10.2. The number of hydrogen-bond acceptors (Lipinski definition) is 2. The van der Waals surface area contributed by atoms with Crippen LogP contribution < -0.4 is 4.74 Å². The van der Waals surface area contributed by atoms with Gasteiger partial charge in [-0.25, -0.2) is 0 Å². The summed E-state index contributed by atoms with van der Waals surface area (Å²) in [5.74, 6) is 0.775. The molecule has 0 aliphatic rings. The van der Waals surface area contributed by atoms with Crippen LogP contribution in [0.4, 0.5) is 0 Å². The molecule has 1 N–H and O–H groups in total. The first-order valence-electron chi connectivity index (χ1n) is 6.60. The van der Waals surface area contributed by atoms with E-state index in [2.05, 4.69) is 48.0 Å². The highest BCUT2D eigenvalue weighted by atomic mass is 79.9. The third kappa shape index (κ3) is 3.41. The van der Waals surface area contributed by atoms with Crippen molar-refractivity contribution in [3.63, 3.8) is 0 Å². The average Bonchev–Trinajstić information content (AvgIpc) is 2.40. The summed E-state index contributed by atoms with van der Waals surface area (Å²) in [6.45, 7) is 6.64. The molecule has 0 saturated heterocycles. The maximum absolute atomic E-state index is 9.46. The minimum atomic E-state index is -0.0254. The molecule has 0 heterocycles. The van der Waals surface area contributed by atoms with Gasteiger partial charge < -0.3 is 9.84 Å². The van der Waals surface area contributed by atoms with Crippen molar-refractivity contribution in [2.75, 3.05) is 0 Å². The zero-order valence-corrected chi connectivity index (χ0v) is 13.6. The average molecular weight is 335 g/mol. The number of benzene rings is 2. The van der Waals surface area contributed by atoms with Crippen LogP contribution in [0.2, 0.25) is 0 Å². The lowest BCUT2D eigenvalue weighted by Gasteiger charge is -2.15. The van der Waals surface area contributed by atoms with Crippen LogP contribution in [0, 0.1) is 20.8 Å². The van der Waals surface area contributed by atoms with Gasteiger partial charge in [0.05, 0.1) is 6.61 Å². The van der Waals surface area contributed by atoms with Crippen LogP contribution in [-0.2, 0) is 13.2 Å². The van der Waals surface area contributed by atoms with Crippen LogP contribution in [-0.4, -0.2) is 5.11 Å². The van der Waals surface area contributed by atoms with Crippen molar-refractivity contribution < 1.29 is 9.84 Å². The van der Waals surface area contributed by atoms with Crippen molar-refractivity contribution in [3.8, 4) is 5.75 Å². The van der Waals surface area contributed by atoms with E-state index in [1.165, 1.54) is 16.7 Å². The molecule has 0 aliphatic carbocycles. The summed E-state index contributed by atoms with van der Waals surface area (Å²) in [7, 11) is 0. The Balaban J connectivity index is 2.25. The summed E-state index contributed by atoms with van der Waals surface area (Å²) < 4.78 is 6.91. The van der Waals surface area contributed by atoms with E-state index in [-0.39, 0.29) is 6.61 Å². The fourth-order valence-electron chi connectivity index (χ4n) is 2.23. The molecule has 0 bridgehead atoms. The molecule has 3 heteroatoms. The molecule has 0 amide bonds. The number of aliphatic hydroxyl groups is 1. The van der Waals surface area contributed by atoms with Crippen LogP contribution in [0.3, 0.4) is 0 Å². The Morgan fingerprint density at radius 1 is 1.00 bits per heavy atom. The molecule has 2 nitrogen and oxygen atoms in total. The quantitative estimate of drug-likeness (QED) is 0.895.